The first-order valence-corrected chi connectivity index (χ1v) is 11.5. The molecule has 0 bridgehead atoms. The van der Waals surface area contributed by atoms with Crippen molar-refractivity contribution in [3.63, 3.8) is 0 Å². The third-order valence-electron chi connectivity index (χ3n) is 6.48. The van der Waals surface area contributed by atoms with Crippen molar-refractivity contribution in [3.05, 3.63) is 89.5 Å². The van der Waals surface area contributed by atoms with Gasteiger partial charge in [0.2, 0.25) is 0 Å². The van der Waals surface area contributed by atoms with Gasteiger partial charge >= 0.3 is 12.1 Å². The van der Waals surface area contributed by atoms with Crippen LogP contribution in [0.15, 0.2) is 72.8 Å². The highest BCUT2D eigenvalue weighted by molar-refractivity contribution is 5.98. The van der Waals surface area contributed by atoms with Crippen molar-refractivity contribution < 1.29 is 24.2 Å². The molecule has 3 aromatic rings. The van der Waals surface area contributed by atoms with E-state index in [1.807, 2.05) is 24.3 Å². The second-order valence-electron chi connectivity index (χ2n) is 8.94. The molecule has 0 unspecified atom stereocenters. The zero-order chi connectivity index (χ0) is 25.2. The molecule has 1 aliphatic carbocycles. The SMILES string of the molecule is CCN(C(=O)c1ccc(NC(=O)OCC2c3ccccc3-c3ccccc32)cc1)C(C)(C)C(=O)O. The average molecular weight is 473 g/mol. The second kappa shape index (κ2) is 9.62. The maximum absolute atomic E-state index is 12.9. The number of hydrogen-bond donors (Lipinski definition) is 2. The van der Waals surface area contributed by atoms with Crippen LogP contribution >= 0.6 is 0 Å². The summed E-state index contributed by atoms with van der Waals surface area (Å²) in [6, 6.07) is 22.5. The number of carboxylic acid groups (broad SMARTS) is 1. The fourth-order valence-electron chi connectivity index (χ4n) is 4.51. The summed E-state index contributed by atoms with van der Waals surface area (Å²) < 4.78 is 5.56. The predicted molar refractivity (Wildman–Crippen MR) is 134 cm³/mol. The van der Waals surface area contributed by atoms with E-state index in [2.05, 4.69) is 29.6 Å². The molecule has 0 spiro atoms. The van der Waals surface area contributed by atoms with Crippen LogP contribution in [0, 0.1) is 0 Å². The number of amides is 2. The lowest BCUT2D eigenvalue weighted by molar-refractivity contribution is -0.147. The Kier molecular flexibility index (Phi) is 6.60. The fourth-order valence-corrected chi connectivity index (χ4v) is 4.51. The molecule has 3 aromatic carbocycles. The minimum Gasteiger partial charge on any atom is -0.480 e. The zero-order valence-electron chi connectivity index (χ0n) is 19.9. The number of aliphatic carboxylic acids is 1. The molecule has 0 saturated heterocycles. The van der Waals surface area contributed by atoms with Crippen molar-refractivity contribution in [1.29, 1.82) is 0 Å². The molecule has 0 atom stereocenters. The largest absolute Gasteiger partial charge is 0.480 e. The standard InChI is InChI=1S/C28H28N2O5/c1-4-30(28(2,3)26(32)33)25(31)18-13-15-19(16-14-18)29-27(34)35-17-24-22-11-7-5-9-20(22)21-10-6-8-12-23(21)24/h5-16,24H,4,17H2,1-3H3,(H,29,34)(H,32,33). The first-order chi connectivity index (χ1) is 16.7. The van der Waals surface area contributed by atoms with Crippen LogP contribution in [-0.4, -0.2) is 46.7 Å². The number of carboxylic acids is 1. The van der Waals surface area contributed by atoms with E-state index in [4.69, 9.17) is 4.74 Å². The Morgan fingerprint density at radius 3 is 1.97 bits per heavy atom. The summed E-state index contributed by atoms with van der Waals surface area (Å²) in [7, 11) is 0. The molecular weight excluding hydrogens is 444 g/mol. The maximum atomic E-state index is 12.9. The van der Waals surface area contributed by atoms with E-state index in [0.717, 1.165) is 22.3 Å². The predicted octanol–water partition coefficient (Wildman–Crippen LogP) is 5.37. The summed E-state index contributed by atoms with van der Waals surface area (Å²) in [5.41, 5.74) is 4.04. The van der Waals surface area contributed by atoms with Crippen LogP contribution in [-0.2, 0) is 9.53 Å². The highest BCUT2D eigenvalue weighted by Crippen LogP contribution is 2.44. The van der Waals surface area contributed by atoms with Gasteiger partial charge in [-0.15, -0.1) is 0 Å². The molecule has 2 amide bonds. The molecule has 7 nitrogen and oxygen atoms in total. The number of nitrogens with one attached hydrogen (secondary N) is 1. The van der Waals surface area contributed by atoms with Gasteiger partial charge in [0.1, 0.15) is 12.1 Å². The van der Waals surface area contributed by atoms with Crippen molar-refractivity contribution >= 4 is 23.7 Å². The number of fused-ring (bicyclic) bond motifs is 3. The zero-order valence-corrected chi connectivity index (χ0v) is 19.9. The van der Waals surface area contributed by atoms with Crippen molar-refractivity contribution in [2.45, 2.75) is 32.2 Å². The van der Waals surface area contributed by atoms with E-state index in [1.165, 1.54) is 18.7 Å². The van der Waals surface area contributed by atoms with Crippen LogP contribution in [0.25, 0.3) is 11.1 Å². The summed E-state index contributed by atoms with van der Waals surface area (Å²) in [6.45, 7) is 5.16. The van der Waals surface area contributed by atoms with Crippen LogP contribution < -0.4 is 5.32 Å². The Balaban J connectivity index is 1.40. The lowest BCUT2D eigenvalue weighted by atomic mass is 9.98. The second-order valence-corrected chi connectivity index (χ2v) is 8.94. The third kappa shape index (κ3) is 4.62. The first-order valence-electron chi connectivity index (χ1n) is 11.5. The number of carbonyl (C=O) groups excluding carboxylic acids is 2. The molecular formula is C28H28N2O5. The Labute approximate surface area is 204 Å². The number of rotatable bonds is 7. The van der Waals surface area contributed by atoms with Gasteiger partial charge in [-0.25, -0.2) is 9.59 Å². The number of hydrogen-bond acceptors (Lipinski definition) is 4. The van der Waals surface area contributed by atoms with Gasteiger partial charge in [0.25, 0.3) is 5.91 Å². The lowest BCUT2D eigenvalue weighted by Crippen LogP contribution is -2.52. The lowest BCUT2D eigenvalue weighted by Gasteiger charge is -2.34. The summed E-state index contributed by atoms with van der Waals surface area (Å²) in [4.78, 5) is 38.2. The van der Waals surface area contributed by atoms with E-state index in [9.17, 15) is 19.5 Å². The molecule has 180 valence electrons. The van der Waals surface area contributed by atoms with Crippen LogP contribution in [0.5, 0.6) is 0 Å². The van der Waals surface area contributed by atoms with Gasteiger partial charge in [0.05, 0.1) is 0 Å². The van der Waals surface area contributed by atoms with E-state index >= 15 is 0 Å². The van der Waals surface area contributed by atoms with Gasteiger partial charge in [-0.3, -0.25) is 10.1 Å². The van der Waals surface area contributed by atoms with Crippen LogP contribution in [0.2, 0.25) is 0 Å². The number of carbonyl (C=O) groups is 3. The van der Waals surface area contributed by atoms with Crippen LogP contribution in [0.1, 0.15) is 48.2 Å². The van der Waals surface area contributed by atoms with Gasteiger partial charge in [-0.1, -0.05) is 48.5 Å². The van der Waals surface area contributed by atoms with Gasteiger partial charge < -0.3 is 14.7 Å². The normalized spacial score (nSPS) is 12.4. The monoisotopic (exact) mass is 472 g/mol. The highest BCUT2D eigenvalue weighted by atomic mass is 16.5. The van der Waals surface area contributed by atoms with Crippen LogP contribution in [0.3, 0.4) is 0 Å². The van der Waals surface area contributed by atoms with E-state index in [0.29, 0.717) is 11.3 Å². The van der Waals surface area contributed by atoms with Gasteiger partial charge in [-0.05, 0) is 67.3 Å². The Morgan fingerprint density at radius 2 is 1.46 bits per heavy atom. The molecule has 0 fully saturated rings. The smallest absolute Gasteiger partial charge is 0.411 e. The maximum Gasteiger partial charge on any atom is 0.411 e. The van der Waals surface area contributed by atoms with Crippen molar-refractivity contribution in [2.75, 3.05) is 18.5 Å². The molecule has 1 aliphatic rings. The molecule has 0 radical (unpaired) electrons. The minimum atomic E-state index is -1.34. The van der Waals surface area contributed by atoms with Gasteiger partial charge in [0.15, 0.2) is 0 Å². The summed E-state index contributed by atoms with van der Waals surface area (Å²) >= 11 is 0. The van der Waals surface area contributed by atoms with E-state index in [-0.39, 0.29) is 19.1 Å². The molecule has 2 N–H and O–H groups in total. The van der Waals surface area contributed by atoms with Crippen molar-refractivity contribution in [1.82, 2.24) is 4.90 Å². The fraction of sp³-hybridized carbons (Fsp3) is 0.250. The van der Waals surface area contributed by atoms with Gasteiger partial charge in [-0.2, -0.15) is 0 Å². The highest BCUT2D eigenvalue weighted by Gasteiger charge is 2.37. The quantitative estimate of drug-likeness (QED) is 0.482. The Bertz CT molecular complexity index is 1220. The van der Waals surface area contributed by atoms with E-state index < -0.39 is 23.5 Å². The number of anilines is 1. The molecule has 0 aliphatic heterocycles. The Hall–Kier alpha value is -4.13. The average Bonchev–Trinajstić information content (AvgIpc) is 3.17. The minimum absolute atomic E-state index is 0.0363. The summed E-state index contributed by atoms with van der Waals surface area (Å²) in [6.07, 6.45) is -0.590. The van der Waals surface area contributed by atoms with Gasteiger partial charge in [0, 0.05) is 23.7 Å². The summed E-state index contributed by atoms with van der Waals surface area (Å²) in [5.74, 6) is -1.51. The molecule has 0 heterocycles. The topological polar surface area (TPSA) is 95.9 Å². The number of nitrogens with zero attached hydrogens (tertiary/aromatic N) is 1. The van der Waals surface area contributed by atoms with Crippen molar-refractivity contribution in [2.24, 2.45) is 0 Å². The summed E-state index contributed by atoms with van der Waals surface area (Å²) in [5, 5.41) is 12.2. The molecule has 35 heavy (non-hydrogen) atoms. The number of ether oxygens (including phenoxy) is 1. The molecule has 0 aromatic heterocycles. The Morgan fingerprint density at radius 1 is 0.914 bits per heavy atom. The third-order valence-corrected chi connectivity index (χ3v) is 6.48. The molecule has 0 saturated carbocycles. The van der Waals surface area contributed by atoms with E-state index in [1.54, 1.807) is 31.2 Å². The first kappa shape index (κ1) is 24.0. The number of likely N-dealkylation sites (N-methyl/N-ethyl adjacent to an activating group) is 1. The molecule has 4 rings (SSSR count). The number of benzene rings is 3. The molecule has 7 heteroatoms. The van der Waals surface area contributed by atoms with Crippen molar-refractivity contribution in [3.8, 4) is 11.1 Å². The van der Waals surface area contributed by atoms with Crippen LogP contribution in [0.4, 0.5) is 10.5 Å².